The Morgan fingerprint density at radius 1 is 0.411 bits per heavy atom. The zero-order chi connectivity index (χ0) is 38.6. The van der Waals surface area contributed by atoms with Gasteiger partial charge in [-0.25, -0.2) is 25.3 Å². The Labute approximate surface area is 402 Å². The molecule has 0 bridgehead atoms. The van der Waals surface area contributed by atoms with Gasteiger partial charge in [-0.15, -0.1) is 0 Å². The molecule has 0 aliphatic rings. The fraction of sp³-hybridized carbons (Fsp3) is 0.600. The van der Waals surface area contributed by atoms with Gasteiger partial charge in [0.1, 0.15) is 30.4 Å². The predicted octanol–water partition coefficient (Wildman–Crippen LogP) is 0.957. The number of hydrogen-bond acceptors (Lipinski definition) is 10. The fourth-order valence-corrected chi connectivity index (χ4v) is 9.87. The van der Waals surface area contributed by atoms with Crippen LogP contribution in [0.25, 0.3) is 32.3 Å². The van der Waals surface area contributed by atoms with Crippen LogP contribution in [0.4, 0.5) is 5.69 Å². The second-order valence-electron chi connectivity index (χ2n) is 14.6. The van der Waals surface area contributed by atoms with E-state index in [9.17, 15) is 38.9 Å². The zero-order valence-corrected chi connectivity index (χ0v) is 42.8. The number of nitrogens with zero attached hydrogens (tertiary/aromatic N) is 1. The van der Waals surface area contributed by atoms with Gasteiger partial charge in [-0.1, -0.05) is 154 Å². The first-order chi connectivity index (χ1) is 25.2. The van der Waals surface area contributed by atoms with Gasteiger partial charge in [0.05, 0.1) is 14.7 Å². The van der Waals surface area contributed by atoms with Crippen LogP contribution in [0.5, 0.6) is 0 Å². The van der Waals surface area contributed by atoms with Crippen LogP contribution in [0, 0.1) is 0 Å². The van der Waals surface area contributed by atoms with E-state index >= 15 is 0 Å². The number of unbranched alkanes of at least 4 members (excludes halogenated alkanes) is 18. The zero-order valence-electron chi connectivity index (χ0n) is 34.4. The maximum atomic E-state index is 12.8. The van der Waals surface area contributed by atoms with E-state index in [1.54, 1.807) is 6.07 Å². The normalized spacial score (nSPS) is 12.2. The van der Waals surface area contributed by atoms with Crippen LogP contribution in [0.2, 0.25) is 0 Å². The minimum absolute atomic E-state index is 0. The van der Waals surface area contributed by atoms with E-state index in [0.717, 1.165) is 51.4 Å². The van der Waals surface area contributed by atoms with Gasteiger partial charge in [0, 0.05) is 45.7 Å². The molecule has 0 saturated carbocycles. The molecule has 0 fully saturated rings. The second-order valence-corrected chi connectivity index (χ2v) is 18.6. The molecule has 4 aromatic carbocycles. The Balaban J connectivity index is 0.00000523. The third-order valence-corrected chi connectivity index (χ3v) is 13.1. The molecular weight excluding hydrogens is 804 g/mol. The number of rotatable bonds is 26. The van der Waals surface area contributed by atoms with Gasteiger partial charge in [-0.3, -0.25) is 0 Å². The molecule has 0 atom stereocenters. The molecule has 296 valence electrons. The maximum Gasteiger partial charge on any atom is 1.00 e. The molecular formula is C40H56NNa3O9S3. The van der Waals surface area contributed by atoms with Crippen LogP contribution in [-0.4, -0.2) is 52.0 Å². The van der Waals surface area contributed by atoms with E-state index in [1.165, 1.54) is 101 Å². The van der Waals surface area contributed by atoms with Crippen molar-refractivity contribution in [1.82, 2.24) is 0 Å². The Morgan fingerprint density at radius 3 is 1.00 bits per heavy atom. The summed E-state index contributed by atoms with van der Waals surface area (Å²) in [5.41, 5.74) is 0.454. The number of hydrogen-bond donors (Lipinski definition) is 0. The molecule has 0 aromatic heterocycles. The van der Waals surface area contributed by atoms with Gasteiger partial charge in [-0.2, -0.15) is 0 Å². The SMILES string of the molecule is CCCCCCCCCCCCN(CCCCCCCCCCCC)c1cc(S(=O)(=O)[O-])c2ccc3c(S(=O)(=O)[O-])cc(S(=O)(=O)[O-])c4ccc1c2c43.[Na+].[Na+].[Na+]. The predicted molar refractivity (Wildman–Crippen MR) is 210 cm³/mol. The molecule has 16 heteroatoms. The van der Waals surface area contributed by atoms with Crippen LogP contribution in [0.1, 0.15) is 142 Å². The largest absolute Gasteiger partial charge is 1.00 e. The summed E-state index contributed by atoms with van der Waals surface area (Å²) in [4.78, 5) is -0.267. The number of benzene rings is 4. The van der Waals surface area contributed by atoms with Crippen molar-refractivity contribution in [3.8, 4) is 0 Å². The van der Waals surface area contributed by atoms with Crippen LogP contribution in [0.3, 0.4) is 0 Å². The summed E-state index contributed by atoms with van der Waals surface area (Å²) in [6, 6.07) is 7.38. The topological polar surface area (TPSA) is 175 Å². The van der Waals surface area contributed by atoms with Gasteiger partial charge in [0.25, 0.3) is 0 Å². The molecule has 10 nitrogen and oxygen atoms in total. The van der Waals surface area contributed by atoms with Crippen molar-refractivity contribution < 1.29 is 128 Å². The van der Waals surface area contributed by atoms with Gasteiger partial charge >= 0.3 is 88.7 Å². The van der Waals surface area contributed by atoms with E-state index in [4.69, 9.17) is 0 Å². The summed E-state index contributed by atoms with van der Waals surface area (Å²) in [5, 5.41) is 0.198. The van der Waals surface area contributed by atoms with E-state index in [-0.39, 0.29) is 116 Å². The van der Waals surface area contributed by atoms with Crippen molar-refractivity contribution in [2.75, 3.05) is 18.0 Å². The number of anilines is 1. The van der Waals surface area contributed by atoms with Crippen molar-refractivity contribution in [2.24, 2.45) is 0 Å². The Kier molecular flexibility index (Phi) is 25.3. The smallest absolute Gasteiger partial charge is 0.744 e. The van der Waals surface area contributed by atoms with Crippen molar-refractivity contribution in [3.63, 3.8) is 0 Å². The minimum atomic E-state index is -5.28. The molecule has 0 unspecified atom stereocenters. The summed E-state index contributed by atoms with van der Waals surface area (Å²) < 4.78 is 113. The van der Waals surface area contributed by atoms with Crippen molar-refractivity contribution in [3.05, 3.63) is 36.4 Å². The molecule has 0 heterocycles. The molecule has 0 aliphatic carbocycles. The van der Waals surface area contributed by atoms with Gasteiger partial charge in [0.2, 0.25) is 0 Å². The van der Waals surface area contributed by atoms with E-state index < -0.39 is 45.0 Å². The molecule has 0 N–H and O–H groups in total. The molecule has 0 saturated heterocycles. The van der Waals surface area contributed by atoms with Crippen LogP contribution >= 0.6 is 0 Å². The summed E-state index contributed by atoms with van der Waals surface area (Å²) in [6.07, 6.45) is 22.9. The van der Waals surface area contributed by atoms with E-state index in [0.29, 0.717) is 30.2 Å². The summed E-state index contributed by atoms with van der Waals surface area (Å²) >= 11 is 0. The molecule has 0 spiro atoms. The van der Waals surface area contributed by atoms with Gasteiger partial charge in [-0.05, 0) is 30.4 Å². The third kappa shape index (κ3) is 15.4. The maximum absolute atomic E-state index is 12.8. The molecule has 0 radical (unpaired) electrons. The Hall–Kier alpha value is 0.450. The van der Waals surface area contributed by atoms with Gasteiger partial charge < -0.3 is 18.6 Å². The van der Waals surface area contributed by atoms with Crippen LogP contribution in [0.15, 0.2) is 51.1 Å². The summed E-state index contributed by atoms with van der Waals surface area (Å²) in [6.45, 7) is 5.57. The quantitative estimate of drug-likeness (QED) is 0.0383. The molecule has 0 aliphatic heterocycles. The monoisotopic (exact) mass is 859 g/mol. The Morgan fingerprint density at radius 2 is 0.679 bits per heavy atom. The summed E-state index contributed by atoms with van der Waals surface area (Å²) in [7, 11) is -15.6. The first-order valence-electron chi connectivity index (χ1n) is 19.6. The minimum Gasteiger partial charge on any atom is -0.744 e. The molecule has 4 aromatic rings. The third-order valence-electron chi connectivity index (χ3n) is 10.5. The standard InChI is InChI=1S/C40H59NO9S3.3Na/c1-3-5-7-9-11-13-15-17-19-21-27-41(28-22-20-18-16-14-12-10-8-6-4-2)35-29-36(51(42,43)44)32-25-26-34-38(53(48,49)50)30-37(52(45,46)47)33-24-23-31(35)39(32)40(33)34;;;/h23-26,29-30H,3-22,27-28H2,1-2H3,(H,42,43,44)(H,45,46,47)(H,48,49,50);;;/q;3*+1/p-3. The van der Waals surface area contributed by atoms with Crippen LogP contribution in [-0.2, 0) is 30.4 Å². The molecule has 56 heavy (non-hydrogen) atoms. The first kappa shape index (κ1) is 54.5. The van der Waals surface area contributed by atoms with Crippen molar-refractivity contribution in [1.29, 1.82) is 0 Å². The Bertz CT molecular complexity index is 2060. The van der Waals surface area contributed by atoms with E-state index in [2.05, 4.69) is 18.7 Å². The first-order valence-corrected chi connectivity index (χ1v) is 23.8. The van der Waals surface area contributed by atoms with Crippen molar-refractivity contribution >= 4 is 68.4 Å². The van der Waals surface area contributed by atoms with Crippen molar-refractivity contribution in [2.45, 2.75) is 157 Å². The average Bonchev–Trinajstić information content (AvgIpc) is 3.09. The second kappa shape index (κ2) is 26.0. The van der Waals surface area contributed by atoms with E-state index in [1.807, 2.05) is 0 Å². The van der Waals surface area contributed by atoms with Gasteiger partial charge in [0.15, 0.2) is 0 Å². The summed E-state index contributed by atoms with van der Waals surface area (Å²) in [5.74, 6) is 0. The molecule has 4 rings (SSSR count). The average molecular weight is 860 g/mol. The van der Waals surface area contributed by atoms with Crippen LogP contribution < -0.4 is 93.6 Å². The fourth-order valence-electron chi connectivity index (χ4n) is 7.69. The molecule has 0 amide bonds.